The summed E-state index contributed by atoms with van der Waals surface area (Å²) in [6.45, 7) is 14.2. The van der Waals surface area contributed by atoms with E-state index in [0.717, 1.165) is 69.8 Å². The summed E-state index contributed by atoms with van der Waals surface area (Å²) in [7, 11) is 1.44. The van der Waals surface area contributed by atoms with E-state index >= 15 is 0 Å². The maximum Gasteiger partial charge on any atom is 0.316 e. The molecule has 540 valence electrons. The van der Waals surface area contributed by atoms with Gasteiger partial charge in [0, 0.05) is 88.9 Å². The van der Waals surface area contributed by atoms with Crippen molar-refractivity contribution in [2.75, 3.05) is 178 Å². The van der Waals surface area contributed by atoms with Crippen molar-refractivity contribution >= 4 is 46.3 Å². The minimum atomic E-state index is -1.31. The summed E-state index contributed by atoms with van der Waals surface area (Å²) in [5.74, 6) is -7.39. The molecular formula is C68H87F3N14O15. The fourth-order valence-corrected chi connectivity index (χ4v) is 11.6. The molecule has 100 heavy (non-hydrogen) atoms. The number of allylic oxidation sites excluding steroid dienone is 1. The quantitative estimate of drug-likeness (QED) is 0.0101. The van der Waals surface area contributed by atoms with Gasteiger partial charge in [0.1, 0.15) is 23.6 Å². The molecule has 0 spiro atoms. The monoisotopic (exact) mass is 1400 g/mol. The van der Waals surface area contributed by atoms with Crippen molar-refractivity contribution in [2.24, 2.45) is 10.9 Å². The van der Waals surface area contributed by atoms with Gasteiger partial charge in [-0.2, -0.15) is 9.94 Å². The Bertz CT molecular complexity index is 3640. The summed E-state index contributed by atoms with van der Waals surface area (Å²) in [6.07, 6.45) is 10.9. The van der Waals surface area contributed by atoms with Gasteiger partial charge in [-0.3, -0.25) is 29.0 Å². The molecule has 3 aliphatic rings. The van der Waals surface area contributed by atoms with Gasteiger partial charge in [-0.1, -0.05) is 35.5 Å². The molecule has 29 nitrogen and oxygen atoms in total. The zero-order valence-corrected chi connectivity index (χ0v) is 56.2. The van der Waals surface area contributed by atoms with E-state index in [1.165, 1.54) is 35.4 Å². The number of rotatable bonds is 43. The number of aliphatic hydroxyl groups excluding tert-OH is 1. The molecule has 2 atom stereocenters. The topological polar surface area (TPSA) is 320 Å². The van der Waals surface area contributed by atoms with E-state index < -0.39 is 46.8 Å². The molecule has 0 radical (unpaired) electrons. The highest BCUT2D eigenvalue weighted by Crippen LogP contribution is 2.33. The second-order valence-electron chi connectivity index (χ2n) is 23.7. The van der Waals surface area contributed by atoms with Crippen molar-refractivity contribution < 1.29 is 84.8 Å². The lowest BCUT2D eigenvalue weighted by Gasteiger charge is -2.34. The van der Waals surface area contributed by atoms with E-state index in [4.69, 9.17) is 42.6 Å². The fraction of sp³-hybridized carbons (Fsp3) is 0.544. The average Bonchev–Trinajstić information content (AvgIpc) is 1.60. The Morgan fingerprint density at radius 2 is 1.36 bits per heavy atom. The zero-order valence-electron chi connectivity index (χ0n) is 56.2. The number of unbranched alkanes of at least 4 members (excludes halogenated alkanes) is 1. The first-order valence-electron chi connectivity index (χ1n) is 33.6. The number of carbonyl (C=O) groups is 4. The first kappa shape index (κ1) is 75.9. The lowest BCUT2D eigenvalue weighted by Crippen LogP contribution is -2.47. The second kappa shape index (κ2) is 40.8. The fourth-order valence-electron chi connectivity index (χ4n) is 11.6. The molecule has 2 N–H and O–H groups in total. The largest absolute Gasteiger partial charge is 0.494 e. The van der Waals surface area contributed by atoms with Crippen LogP contribution in [0.1, 0.15) is 70.8 Å². The van der Waals surface area contributed by atoms with Gasteiger partial charge >= 0.3 is 11.9 Å². The summed E-state index contributed by atoms with van der Waals surface area (Å²) in [4.78, 5) is 77.4. The molecule has 3 aliphatic heterocycles. The maximum absolute atomic E-state index is 13.9. The average molecular weight is 1400 g/mol. The van der Waals surface area contributed by atoms with E-state index in [9.17, 15) is 42.7 Å². The number of nitriles is 1. The van der Waals surface area contributed by atoms with Crippen molar-refractivity contribution in [1.29, 1.82) is 5.26 Å². The number of nitrogens with zero attached hydrogens (tertiary/aromatic N) is 13. The zero-order chi connectivity index (χ0) is 70.3. The Morgan fingerprint density at radius 1 is 0.750 bits per heavy atom. The van der Waals surface area contributed by atoms with Gasteiger partial charge in [-0.25, -0.2) is 32.8 Å². The number of H-pyrrole nitrogens is 1. The van der Waals surface area contributed by atoms with E-state index in [0.29, 0.717) is 153 Å². The number of aliphatic hydroxyl groups is 1. The number of fused-ring (bicyclic) bond motifs is 1. The van der Waals surface area contributed by atoms with Crippen LogP contribution in [-0.2, 0) is 60.6 Å². The number of benzene rings is 2. The summed E-state index contributed by atoms with van der Waals surface area (Å²) >= 11 is 0. The third-order valence-electron chi connectivity index (χ3n) is 16.9. The minimum absolute atomic E-state index is 0.00855. The number of aliphatic imine (C=N–C) groups is 1. The molecule has 3 fully saturated rings. The van der Waals surface area contributed by atoms with Crippen molar-refractivity contribution in [2.45, 2.75) is 57.7 Å². The minimum Gasteiger partial charge on any atom is -0.494 e. The number of hydrogen-bond donors (Lipinski definition) is 2. The predicted octanol–water partition coefficient (Wildman–Crippen LogP) is 4.56. The van der Waals surface area contributed by atoms with Gasteiger partial charge in [0.05, 0.1) is 173 Å². The number of nitrogens with one attached hydrogen (secondary N) is 1. The number of halogens is 3. The molecule has 1 unspecified atom stereocenters. The number of amides is 2. The van der Waals surface area contributed by atoms with E-state index in [1.54, 1.807) is 17.1 Å². The Balaban J connectivity index is 0.541. The Labute approximate surface area is 577 Å². The number of carbonyl (C=O) groups excluding carboxylic acids is 4. The molecular weight excluding hydrogens is 1310 g/mol. The van der Waals surface area contributed by atoms with Crippen LogP contribution in [0.3, 0.4) is 0 Å². The normalized spacial score (nSPS) is 16.3. The van der Waals surface area contributed by atoms with E-state index in [2.05, 4.69) is 60.9 Å². The van der Waals surface area contributed by atoms with Crippen LogP contribution in [0.25, 0.3) is 22.3 Å². The molecule has 0 bridgehead atoms. The second-order valence-corrected chi connectivity index (χ2v) is 23.7. The van der Waals surface area contributed by atoms with Crippen LogP contribution in [-0.4, -0.2) is 279 Å². The van der Waals surface area contributed by atoms with Gasteiger partial charge in [0.2, 0.25) is 11.6 Å². The number of Topliss-reactive ketones (excluding diaryl/α,β-unsaturated/α-hetero) is 1. The van der Waals surface area contributed by atoms with E-state index in [-0.39, 0.29) is 80.9 Å². The smallest absolute Gasteiger partial charge is 0.316 e. The van der Waals surface area contributed by atoms with Crippen LogP contribution in [0.5, 0.6) is 11.5 Å². The van der Waals surface area contributed by atoms with Gasteiger partial charge in [0.15, 0.2) is 17.5 Å². The molecule has 0 saturated carbocycles. The SMILES string of the molecule is COc1cnc(-n2cnc(C(=O)/N=C/C3C[C@@H](CO)N(CCCCN4CCN(CCOCCOCCOCCOCc5cn(CCOCCOCCOCCOCCC(=O)Oc6c(F)cc(F)cc6F)nn5)CC4)C3)n2)c2[nH]cc(C(=O)C(=O)N3CCC(=C(C#N)c4ccccc4)CC3)c12. The summed E-state index contributed by atoms with van der Waals surface area (Å²) < 4.78 is 98.0. The number of likely N-dealkylation sites (tertiary alicyclic amines) is 2. The standard InChI is InChI=1S/C68H87F3N14O15/c1-91-59-43-74-66(62-61(59)56(42-73-62)63(88)68(90)82-14-9-51(10-15-82)55(40-72)50-7-3-2-4-8-50)85-48-76-65(78-85)67(89)75-41-49-37-54(46-86)83(44-49)13-6-5-12-80-16-18-81(19-17-80)20-23-93-26-29-96-33-34-98-35-36-99-47-53-45-84(79-77-53)21-24-94-27-30-97-32-31-95-28-25-92-22-11-60(87)100-64-57(70)38-52(69)39-58(64)71/h2-4,7-8,38-39,41-43,45,48-49,54,73,86H,5-6,9-37,44,46-47H2,1H3/b75-41+/t49?,54-/m0/s1. The molecule has 2 amide bonds. The van der Waals surface area contributed by atoms with Crippen LogP contribution in [0, 0.1) is 34.7 Å². The number of aromatic nitrogens is 8. The van der Waals surface area contributed by atoms with Crippen LogP contribution in [0.4, 0.5) is 13.2 Å². The molecule has 2 aromatic carbocycles. The molecule has 7 heterocycles. The lowest BCUT2D eigenvalue weighted by molar-refractivity contribution is -0.136. The highest BCUT2D eigenvalue weighted by atomic mass is 19.1. The molecule has 6 aromatic rings. The Hall–Kier alpha value is -8.30. The number of hydrogen-bond acceptors (Lipinski definition) is 24. The lowest BCUT2D eigenvalue weighted by atomic mass is 9.93. The van der Waals surface area contributed by atoms with Gasteiger partial charge < -0.3 is 67.3 Å². The van der Waals surface area contributed by atoms with Crippen LogP contribution in [0.15, 0.2) is 77.9 Å². The van der Waals surface area contributed by atoms with Crippen molar-refractivity contribution in [3.8, 4) is 23.4 Å². The number of piperazine rings is 1. The third kappa shape index (κ3) is 23.1. The van der Waals surface area contributed by atoms with Gasteiger partial charge in [-0.15, -0.1) is 10.2 Å². The van der Waals surface area contributed by atoms with Gasteiger partial charge in [-0.05, 0) is 56.3 Å². The number of pyridine rings is 1. The number of piperidine rings is 1. The first-order valence-corrected chi connectivity index (χ1v) is 33.6. The molecule has 32 heteroatoms. The number of aromatic amines is 1. The van der Waals surface area contributed by atoms with Crippen LogP contribution < -0.4 is 9.47 Å². The van der Waals surface area contributed by atoms with Crippen LogP contribution >= 0.6 is 0 Å². The highest BCUT2D eigenvalue weighted by molar-refractivity contribution is 6.45. The third-order valence-corrected chi connectivity index (χ3v) is 16.9. The molecule has 0 aliphatic carbocycles. The summed E-state index contributed by atoms with van der Waals surface area (Å²) in [5.41, 5.74) is 3.48. The van der Waals surface area contributed by atoms with E-state index in [1.807, 2.05) is 30.3 Å². The van der Waals surface area contributed by atoms with Crippen molar-refractivity contribution in [3.05, 3.63) is 113 Å². The van der Waals surface area contributed by atoms with Crippen LogP contribution in [0.2, 0.25) is 0 Å². The number of methoxy groups -OCH3 is 1. The molecule has 4 aromatic heterocycles. The maximum atomic E-state index is 13.9. The number of esters is 1. The molecule has 3 saturated heterocycles. The molecule has 9 rings (SSSR count). The Kier molecular flexibility index (Phi) is 31.0. The van der Waals surface area contributed by atoms with Gasteiger partial charge in [0.25, 0.3) is 11.7 Å². The number of ketones is 1. The Morgan fingerprint density at radius 3 is 2.00 bits per heavy atom. The first-order chi connectivity index (χ1) is 48.9. The number of ether oxygens (including phenoxy) is 10. The summed E-state index contributed by atoms with van der Waals surface area (Å²) in [5, 5.41) is 33.1. The highest BCUT2D eigenvalue weighted by Gasteiger charge is 2.33. The van der Waals surface area contributed by atoms with Crippen molar-refractivity contribution in [1.82, 2.24) is 59.3 Å². The summed E-state index contributed by atoms with van der Waals surface area (Å²) in [6, 6.07) is 12.5. The predicted molar refractivity (Wildman–Crippen MR) is 354 cm³/mol. The van der Waals surface area contributed by atoms with Crippen molar-refractivity contribution in [3.63, 3.8) is 0 Å².